The molecular weight excluding hydrogens is 196 g/mol. The molecule has 0 radical (unpaired) electrons. The Morgan fingerprint density at radius 3 is 2.79 bits per heavy atom. The van der Waals surface area contributed by atoms with Crippen molar-refractivity contribution in [2.45, 2.75) is 44.6 Å². The van der Waals surface area contributed by atoms with Crippen LogP contribution in [0.5, 0.6) is 0 Å². The van der Waals surface area contributed by atoms with E-state index in [4.69, 9.17) is 4.74 Å². The molecule has 2 rings (SSSR count). The lowest BCUT2D eigenvalue weighted by molar-refractivity contribution is -0.147. The van der Waals surface area contributed by atoms with Crippen LogP contribution in [0.2, 0.25) is 0 Å². The van der Waals surface area contributed by atoms with Crippen LogP contribution in [0.4, 0.5) is 0 Å². The number of ether oxygens (including phenoxy) is 1. The number of rotatable bonds is 2. The van der Waals surface area contributed by atoms with Gasteiger partial charge in [-0.25, -0.2) is 4.79 Å². The Morgan fingerprint density at radius 2 is 2.14 bits per heavy atom. The van der Waals surface area contributed by atoms with Gasteiger partial charge in [0.25, 0.3) is 0 Å². The SMILES string of the molecule is CCSC1=CC(=O)OC12CCCCC2. The Morgan fingerprint density at radius 1 is 1.43 bits per heavy atom. The lowest BCUT2D eigenvalue weighted by Crippen LogP contribution is -2.33. The zero-order valence-corrected chi connectivity index (χ0v) is 9.36. The van der Waals surface area contributed by atoms with Crippen molar-refractivity contribution in [2.75, 3.05) is 5.75 Å². The number of carbonyl (C=O) groups is 1. The molecule has 1 aliphatic heterocycles. The summed E-state index contributed by atoms with van der Waals surface area (Å²) in [6.07, 6.45) is 7.40. The summed E-state index contributed by atoms with van der Waals surface area (Å²) in [5, 5.41) is 0. The third-order valence-corrected chi connectivity index (χ3v) is 4.04. The van der Waals surface area contributed by atoms with Gasteiger partial charge in [0.15, 0.2) is 0 Å². The maximum atomic E-state index is 11.3. The zero-order chi connectivity index (χ0) is 10.0. The van der Waals surface area contributed by atoms with E-state index in [1.165, 1.54) is 24.2 Å². The molecule has 0 saturated heterocycles. The summed E-state index contributed by atoms with van der Waals surface area (Å²) in [5.74, 6) is 0.882. The van der Waals surface area contributed by atoms with E-state index in [-0.39, 0.29) is 11.6 Å². The van der Waals surface area contributed by atoms with Crippen molar-refractivity contribution < 1.29 is 9.53 Å². The molecule has 0 aromatic rings. The van der Waals surface area contributed by atoms with Gasteiger partial charge in [-0.3, -0.25) is 0 Å². The Balaban J connectivity index is 2.17. The van der Waals surface area contributed by atoms with Gasteiger partial charge in [0.1, 0.15) is 5.60 Å². The standard InChI is InChI=1S/C11H16O2S/c1-2-14-9-8-10(12)13-11(9)6-4-3-5-7-11/h8H,2-7H2,1H3. The molecule has 1 fully saturated rings. The summed E-state index contributed by atoms with van der Waals surface area (Å²) in [6, 6.07) is 0. The lowest BCUT2D eigenvalue weighted by atomic mass is 9.85. The smallest absolute Gasteiger partial charge is 0.332 e. The first-order chi connectivity index (χ1) is 6.77. The normalized spacial score (nSPS) is 24.9. The van der Waals surface area contributed by atoms with Gasteiger partial charge in [0, 0.05) is 11.0 Å². The third-order valence-electron chi connectivity index (χ3n) is 2.96. The van der Waals surface area contributed by atoms with E-state index in [1.54, 1.807) is 17.8 Å². The second kappa shape index (κ2) is 3.97. The highest BCUT2D eigenvalue weighted by Crippen LogP contribution is 2.45. The van der Waals surface area contributed by atoms with Crippen LogP contribution in [0.1, 0.15) is 39.0 Å². The molecule has 1 spiro atoms. The fraction of sp³-hybridized carbons (Fsp3) is 0.727. The molecule has 0 aromatic carbocycles. The number of thioether (sulfide) groups is 1. The van der Waals surface area contributed by atoms with Gasteiger partial charge in [-0.15, -0.1) is 11.8 Å². The van der Waals surface area contributed by atoms with Crippen molar-refractivity contribution in [1.82, 2.24) is 0 Å². The van der Waals surface area contributed by atoms with E-state index < -0.39 is 0 Å². The van der Waals surface area contributed by atoms with E-state index in [2.05, 4.69) is 6.92 Å². The lowest BCUT2D eigenvalue weighted by Gasteiger charge is -2.34. The van der Waals surface area contributed by atoms with Crippen LogP contribution in [-0.4, -0.2) is 17.3 Å². The quantitative estimate of drug-likeness (QED) is 0.658. The number of hydrogen-bond acceptors (Lipinski definition) is 3. The van der Waals surface area contributed by atoms with Crippen molar-refractivity contribution >= 4 is 17.7 Å². The van der Waals surface area contributed by atoms with Crippen LogP contribution in [0.15, 0.2) is 11.0 Å². The molecule has 0 amide bonds. The summed E-state index contributed by atoms with van der Waals surface area (Å²) in [5.41, 5.74) is -0.212. The Bertz CT molecular complexity index is 264. The first-order valence-electron chi connectivity index (χ1n) is 5.35. The fourth-order valence-corrected chi connectivity index (χ4v) is 3.31. The van der Waals surface area contributed by atoms with Gasteiger partial charge >= 0.3 is 5.97 Å². The molecule has 14 heavy (non-hydrogen) atoms. The van der Waals surface area contributed by atoms with Crippen LogP contribution >= 0.6 is 11.8 Å². The Hall–Kier alpha value is -0.440. The van der Waals surface area contributed by atoms with Gasteiger partial charge in [-0.2, -0.15) is 0 Å². The molecule has 0 unspecified atom stereocenters. The molecule has 0 atom stereocenters. The van der Waals surface area contributed by atoms with Gasteiger partial charge in [0.2, 0.25) is 0 Å². The molecule has 0 aromatic heterocycles. The van der Waals surface area contributed by atoms with Crippen LogP contribution in [0.3, 0.4) is 0 Å². The fourth-order valence-electron chi connectivity index (χ4n) is 2.31. The minimum absolute atomic E-state index is 0.136. The molecular formula is C11H16O2S. The molecule has 78 valence electrons. The first kappa shape index (κ1) is 10.1. The van der Waals surface area contributed by atoms with Crippen molar-refractivity contribution in [3.8, 4) is 0 Å². The average Bonchev–Trinajstić information content (AvgIpc) is 2.45. The Kier molecular flexibility index (Phi) is 2.86. The highest BCUT2D eigenvalue weighted by atomic mass is 32.2. The van der Waals surface area contributed by atoms with Gasteiger partial charge in [-0.1, -0.05) is 13.3 Å². The number of esters is 1. The molecule has 2 nitrogen and oxygen atoms in total. The molecule has 0 N–H and O–H groups in total. The summed E-state index contributed by atoms with van der Waals surface area (Å²) in [6.45, 7) is 2.12. The van der Waals surface area contributed by atoms with Crippen molar-refractivity contribution in [3.05, 3.63) is 11.0 Å². The highest BCUT2D eigenvalue weighted by Gasteiger charge is 2.43. The topological polar surface area (TPSA) is 26.3 Å². The van der Waals surface area contributed by atoms with Crippen molar-refractivity contribution in [2.24, 2.45) is 0 Å². The Labute approximate surface area is 89.1 Å². The van der Waals surface area contributed by atoms with Crippen LogP contribution in [0.25, 0.3) is 0 Å². The van der Waals surface area contributed by atoms with Crippen molar-refractivity contribution in [3.63, 3.8) is 0 Å². The molecule has 3 heteroatoms. The maximum absolute atomic E-state index is 11.3. The number of carbonyl (C=O) groups excluding carboxylic acids is 1. The van der Waals surface area contributed by atoms with Gasteiger partial charge in [0.05, 0.1) is 0 Å². The number of hydrogen-bond donors (Lipinski definition) is 0. The second-order valence-corrected chi connectivity index (χ2v) is 5.22. The molecule has 0 bridgehead atoms. The van der Waals surface area contributed by atoms with Gasteiger partial charge in [-0.05, 0) is 31.4 Å². The third kappa shape index (κ3) is 1.70. The highest BCUT2D eigenvalue weighted by molar-refractivity contribution is 8.03. The van der Waals surface area contributed by atoms with E-state index in [0.717, 1.165) is 18.6 Å². The zero-order valence-electron chi connectivity index (χ0n) is 8.54. The molecule has 1 heterocycles. The van der Waals surface area contributed by atoms with E-state index in [1.807, 2.05) is 0 Å². The second-order valence-electron chi connectivity index (χ2n) is 3.92. The summed E-state index contributed by atoms with van der Waals surface area (Å²) < 4.78 is 5.50. The van der Waals surface area contributed by atoms with Gasteiger partial charge < -0.3 is 4.74 Å². The van der Waals surface area contributed by atoms with E-state index in [0.29, 0.717) is 0 Å². The summed E-state index contributed by atoms with van der Waals surface area (Å²) in [7, 11) is 0. The average molecular weight is 212 g/mol. The first-order valence-corrected chi connectivity index (χ1v) is 6.33. The minimum atomic E-state index is -0.212. The summed E-state index contributed by atoms with van der Waals surface area (Å²) >= 11 is 1.76. The summed E-state index contributed by atoms with van der Waals surface area (Å²) in [4.78, 5) is 12.5. The van der Waals surface area contributed by atoms with Crippen LogP contribution in [-0.2, 0) is 9.53 Å². The van der Waals surface area contributed by atoms with E-state index >= 15 is 0 Å². The van der Waals surface area contributed by atoms with Crippen LogP contribution < -0.4 is 0 Å². The predicted octanol–water partition coefficient (Wildman–Crippen LogP) is 2.88. The van der Waals surface area contributed by atoms with Crippen LogP contribution in [0, 0.1) is 0 Å². The molecule has 2 aliphatic rings. The molecule has 1 aliphatic carbocycles. The van der Waals surface area contributed by atoms with Crippen molar-refractivity contribution in [1.29, 1.82) is 0 Å². The monoisotopic (exact) mass is 212 g/mol. The maximum Gasteiger partial charge on any atom is 0.332 e. The minimum Gasteiger partial charge on any atom is -0.450 e. The largest absolute Gasteiger partial charge is 0.450 e. The molecule has 1 saturated carbocycles. The predicted molar refractivity (Wildman–Crippen MR) is 58.1 cm³/mol. The van der Waals surface area contributed by atoms with E-state index in [9.17, 15) is 4.79 Å².